The number of alkyl halides is 3. The Morgan fingerprint density at radius 2 is 2.08 bits per heavy atom. The molecule has 1 N–H and O–H groups in total. The molecule has 1 aliphatic heterocycles. The second-order valence-electron chi connectivity index (χ2n) is 5.27. The quantitative estimate of drug-likeness (QED) is 0.842. The molecule has 0 spiro atoms. The predicted molar refractivity (Wildman–Crippen MR) is 87.9 cm³/mol. The van der Waals surface area contributed by atoms with E-state index in [1.807, 2.05) is 0 Å². The van der Waals surface area contributed by atoms with Gasteiger partial charge in [0.15, 0.2) is 0 Å². The number of amides is 2. The molecule has 0 saturated carbocycles. The zero-order chi connectivity index (χ0) is 17.7. The van der Waals surface area contributed by atoms with Gasteiger partial charge in [-0.1, -0.05) is 24.8 Å². The predicted octanol–water partition coefficient (Wildman–Crippen LogP) is 2.86. The van der Waals surface area contributed by atoms with Crippen LogP contribution >= 0.6 is 11.8 Å². The Kier molecular flexibility index (Phi) is 5.93. The topological polar surface area (TPSA) is 49.4 Å². The first kappa shape index (κ1) is 18.4. The van der Waals surface area contributed by atoms with Crippen molar-refractivity contribution >= 4 is 29.3 Å². The molecule has 1 aliphatic rings. The second-order valence-corrected chi connectivity index (χ2v) is 6.58. The van der Waals surface area contributed by atoms with Crippen LogP contribution in [-0.4, -0.2) is 47.0 Å². The second kappa shape index (κ2) is 7.74. The monoisotopic (exact) mass is 358 g/mol. The molecule has 1 aromatic rings. The van der Waals surface area contributed by atoms with Crippen LogP contribution in [0.2, 0.25) is 0 Å². The van der Waals surface area contributed by atoms with Gasteiger partial charge in [0.25, 0.3) is 0 Å². The summed E-state index contributed by atoms with van der Waals surface area (Å²) >= 11 is 0.825. The molecule has 0 radical (unpaired) electrons. The molecule has 1 fully saturated rings. The lowest BCUT2D eigenvalue weighted by molar-refractivity contribution is -0.142. The van der Waals surface area contributed by atoms with Gasteiger partial charge in [-0.2, -0.15) is 13.2 Å². The van der Waals surface area contributed by atoms with Crippen molar-refractivity contribution in [1.82, 2.24) is 4.90 Å². The van der Waals surface area contributed by atoms with Gasteiger partial charge in [0.1, 0.15) is 5.25 Å². The Bertz CT molecular complexity index is 634. The molecule has 8 heteroatoms. The summed E-state index contributed by atoms with van der Waals surface area (Å²) in [5.41, 5.74) is 1.01. The standard InChI is InChI=1S/C16H17F3N2O2S/c1-2-14(22)20-12-6-4-3-5-11(12)9-15(23)21-7-8-24-13(10-21)16(17,18)19/h2-6,13H,1,7-10H2,(H,20,22). The molecule has 1 heterocycles. The molecule has 1 aromatic carbocycles. The number of thioether (sulfide) groups is 1. The third-order valence-electron chi connectivity index (χ3n) is 3.59. The first-order valence-corrected chi connectivity index (χ1v) is 8.33. The fraction of sp³-hybridized carbons (Fsp3) is 0.375. The summed E-state index contributed by atoms with van der Waals surface area (Å²) in [7, 11) is 0. The van der Waals surface area contributed by atoms with Crippen LogP contribution in [0.4, 0.5) is 18.9 Å². The van der Waals surface area contributed by atoms with Crippen LogP contribution in [0, 0.1) is 0 Å². The number of anilines is 1. The maximum atomic E-state index is 12.8. The average molecular weight is 358 g/mol. The summed E-state index contributed by atoms with van der Waals surface area (Å²) in [5, 5.41) is 1.04. The van der Waals surface area contributed by atoms with Gasteiger partial charge in [0.2, 0.25) is 11.8 Å². The third kappa shape index (κ3) is 4.77. The van der Waals surface area contributed by atoms with Gasteiger partial charge in [-0.05, 0) is 17.7 Å². The van der Waals surface area contributed by atoms with Crippen LogP contribution in [0.3, 0.4) is 0 Å². The van der Waals surface area contributed by atoms with E-state index in [2.05, 4.69) is 11.9 Å². The molecule has 130 valence electrons. The van der Waals surface area contributed by atoms with Crippen molar-refractivity contribution in [3.63, 3.8) is 0 Å². The Morgan fingerprint density at radius 1 is 1.38 bits per heavy atom. The largest absolute Gasteiger partial charge is 0.402 e. The minimum absolute atomic E-state index is 0.0666. The highest BCUT2D eigenvalue weighted by Crippen LogP contribution is 2.33. The van der Waals surface area contributed by atoms with E-state index in [-0.39, 0.29) is 31.2 Å². The van der Waals surface area contributed by atoms with Gasteiger partial charge in [-0.15, -0.1) is 11.8 Å². The fourth-order valence-electron chi connectivity index (χ4n) is 2.33. The van der Waals surface area contributed by atoms with E-state index >= 15 is 0 Å². The van der Waals surface area contributed by atoms with Crippen molar-refractivity contribution in [2.24, 2.45) is 0 Å². The summed E-state index contributed by atoms with van der Waals surface area (Å²) in [6.07, 6.45) is -3.28. The Balaban J connectivity index is 2.07. The number of hydrogen-bond donors (Lipinski definition) is 1. The highest BCUT2D eigenvalue weighted by molar-refractivity contribution is 8.00. The van der Waals surface area contributed by atoms with E-state index in [4.69, 9.17) is 0 Å². The molecule has 1 atom stereocenters. The zero-order valence-corrected chi connectivity index (χ0v) is 13.6. The number of benzene rings is 1. The first-order valence-electron chi connectivity index (χ1n) is 7.28. The van der Waals surface area contributed by atoms with Gasteiger partial charge >= 0.3 is 6.18 Å². The van der Waals surface area contributed by atoms with E-state index < -0.39 is 17.3 Å². The number of halogens is 3. The molecule has 1 unspecified atom stereocenters. The zero-order valence-electron chi connectivity index (χ0n) is 12.8. The van der Waals surface area contributed by atoms with Crippen LogP contribution in [0.25, 0.3) is 0 Å². The number of carbonyl (C=O) groups is 2. The maximum absolute atomic E-state index is 12.8. The highest BCUT2D eigenvalue weighted by atomic mass is 32.2. The lowest BCUT2D eigenvalue weighted by atomic mass is 10.1. The summed E-state index contributed by atoms with van der Waals surface area (Å²) in [6, 6.07) is 6.70. The summed E-state index contributed by atoms with van der Waals surface area (Å²) in [6.45, 7) is 3.31. The van der Waals surface area contributed by atoms with Crippen LogP contribution in [-0.2, 0) is 16.0 Å². The Morgan fingerprint density at radius 3 is 2.75 bits per heavy atom. The number of hydrogen-bond acceptors (Lipinski definition) is 3. The summed E-state index contributed by atoms with van der Waals surface area (Å²) in [5.74, 6) is -0.545. The van der Waals surface area contributed by atoms with E-state index in [9.17, 15) is 22.8 Å². The number of nitrogens with zero attached hydrogens (tertiary/aromatic N) is 1. The minimum Gasteiger partial charge on any atom is -0.340 e. The average Bonchev–Trinajstić information content (AvgIpc) is 2.55. The van der Waals surface area contributed by atoms with Gasteiger partial charge in [0.05, 0.1) is 6.42 Å². The molecule has 24 heavy (non-hydrogen) atoms. The molecule has 4 nitrogen and oxygen atoms in total. The molecular formula is C16H17F3N2O2S. The minimum atomic E-state index is -4.32. The smallest absolute Gasteiger partial charge is 0.340 e. The molecule has 0 aromatic heterocycles. The normalized spacial score (nSPS) is 18.1. The summed E-state index contributed by atoms with van der Waals surface area (Å²) in [4.78, 5) is 25.0. The van der Waals surface area contributed by atoms with E-state index in [0.717, 1.165) is 17.8 Å². The lowest BCUT2D eigenvalue weighted by Gasteiger charge is -2.33. The number of carbonyl (C=O) groups excluding carboxylic acids is 2. The number of para-hydroxylation sites is 1. The molecular weight excluding hydrogens is 341 g/mol. The van der Waals surface area contributed by atoms with Crippen molar-refractivity contribution in [3.8, 4) is 0 Å². The van der Waals surface area contributed by atoms with E-state index in [1.165, 1.54) is 4.90 Å². The van der Waals surface area contributed by atoms with Crippen molar-refractivity contribution in [1.29, 1.82) is 0 Å². The fourth-order valence-corrected chi connectivity index (χ4v) is 3.41. The van der Waals surface area contributed by atoms with Gasteiger partial charge in [0, 0.05) is 24.5 Å². The maximum Gasteiger partial charge on any atom is 0.402 e. The highest BCUT2D eigenvalue weighted by Gasteiger charge is 2.43. The van der Waals surface area contributed by atoms with Crippen molar-refractivity contribution in [3.05, 3.63) is 42.5 Å². The van der Waals surface area contributed by atoms with E-state index in [0.29, 0.717) is 11.3 Å². The Hall–Kier alpha value is -1.96. The van der Waals surface area contributed by atoms with Crippen LogP contribution < -0.4 is 5.32 Å². The van der Waals surface area contributed by atoms with Crippen LogP contribution in [0.5, 0.6) is 0 Å². The summed E-state index contributed by atoms with van der Waals surface area (Å²) < 4.78 is 38.5. The van der Waals surface area contributed by atoms with Gasteiger partial charge in [-0.3, -0.25) is 9.59 Å². The molecule has 0 aliphatic carbocycles. The number of rotatable bonds is 4. The molecule has 1 saturated heterocycles. The lowest BCUT2D eigenvalue weighted by Crippen LogP contribution is -2.47. The van der Waals surface area contributed by atoms with E-state index in [1.54, 1.807) is 24.3 Å². The van der Waals surface area contributed by atoms with Crippen molar-refractivity contribution < 1.29 is 22.8 Å². The molecule has 0 bridgehead atoms. The van der Waals surface area contributed by atoms with Crippen LogP contribution in [0.15, 0.2) is 36.9 Å². The first-order chi connectivity index (χ1) is 11.3. The van der Waals surface area contributed by atoms with Crippen molar-refractivity contribution in [2.45, 2.75) is 17.8 Å². The number of nitrogens with one attached hydrogen (secondary N) is 1. The third-order valence-corrected chi connectivity index (χ3v) is 4.82. The van der Waals surface area contributed by atoms with Crippen molar-refractivity contribution in [2.75, 3.05) is 24.2 Å². The van der Waals surface area contributed by atoms with Gasteiger partial charge < -0.3 is 10.2 Å². The SMILES string of the molecule is C=CC(=O)Nc1ccccc1CC(=O)N1CCSC(C(F)(F)F)C1. The molecule has 2 rings (SSSR count). The molecule has 2 amide bonds. The Labute approximate surface area is 142 Å². The van der Waals surface area contributed by atoms with Crippen LogP contribution in [0.1, 0.15) is 5.56 Å². The van der Waals surface area contributed by atoms with Gasteiger partial charge in [-0.25, -0.2) is 0 Å².